The quantitative estimate of drug-likeness (QED) is 0.498. The van der Waals surface area contributed by atoms with Crippen molar-refractivity contribution in [1.29, 1.82) is 0 Å². The molecule has 1 saturated heterocycles. The molecule has 0 amide bonds. The molecule has 2 heterocycles. The fraction of sp³-hybridized carbons (Fsp3) is 0.350. The zero-order valence-electron chi connectivity index (χ0n) is 14.9. The Labute approximate surface area is 156 Å². The van der Waals surface area contributed by atoms with Crippen LogP contribution in [0.25, 0.3) is 0 Å². The molecule has 0 aromatic heterocycles. The molecule has 0 radical (unpaired) electrons. The maximum Gasteiger partial charge on any atom is 0.338 e. The molecule has 27 heavy (non-hydrogen) atoms. The predicted molar refractivity (Wildman–Crippen MR) is 98.7 cm³/mol. The van der Waals surface area contributed by atoms with Crippen molar-refractivity contribution in [2.75, 3.05) is 18.5 Å². The van der Waals surface area contributed by atoms with Crippen molar-refractivity contribution in [3.8, 4) is 0 Å². The summed E-state index contributed by atoms with van der Waals surface area (Å²) >= 11 is 0. The lowest BCUT2D eigenvalue weighted by Crippen LogP contribution is -2.29. The number of nitrogens with one attached hydrogen (secondary N) is 1. The van der Waals surface area contributed by atoms with Crippen LogP contribution >= 0.6 is 0 Å². The van der Waals surface area contributed by atoms with Gasteiger partial charge in [0.05, 0.1) is 29.2 Å². The number of benzene rings is 2. The first-order valence-corrected chi connectivity index (χ1v) is 9.02. The Morgan fingerprint density at radius 1 is 1.30 bits per heavy atom. The second-order valence-corrected chi connectivity index (χ2v) is 6.74. The summed E-state index contributed by atoms with van der Waals surface area (Å²) in [7, 11) is 0. The predicted octanol–water partition coefficient (Wildman–Crippen LogP) is 4.02. The number of fused-ring (bicyclic) bond motifs is 3. The molecule has 3 atom stereocenters. The van der Waals surface area contributed by atoms with Crippen LogP contribution in [0.4, 0.5) is 11.4 Å². The molecule has 2 aromatic rings. The Hall–Kier alpha value is -2.93. The van der Waals surface area contributed by atoms with E-state index in [-0.39, 0.29) is 29.7 Å². The van der Waals surface area contributed by atoms with Crippen LogP contribution in [-0.2, 0) is 9.47 Å². The van der Waals surface area contributed by atoms with Gasteiger partial charge in [0.1, 0.15) is 0 Å². The van der Waals surface area contributed by atoms with Crippen LogP contribution in [0.5, 0.6) is 0 Å². The zero-order valence-corrected chi connectivity index (χ0v) is 14.9. The first-order valence-electron chi connectivity index (χ1n) is 9.02. The van der Waals surface area contributed by atoms with Gasteiger partial charge in [-0.3, -0.25) is 10.1 Å². The van der Waals surface area contributed by atoms with Crippen LogP contribution in [0, 0.1) is 16.0 Å². The third-order valence-corrected chi connectivity index (χ3v) is 5.21. The number of hydrogen-bond acceptors (Lipinski definition) is 6. The molecule has 2 aromatic carbocycles. The number of rotatable bonds is 4. The molecule has 0 unspecified atom stereocenters. The Bertz CT molecular complexity index is 880. The third kappa shape index (κ3) is 3.14. The summed E-state index contributed by atoms with van der Waals surface area (Å²) in [6, 6.07) is 12.1. The molecule has 0 spiro atoms. The summed E-state index contributed by atoms with van der Waals surface area (Å²) < 4.78 is 11.1. The van der Waals surface area contributed by atoms with Crippen LogP contribution in [0.2, 0.25) is 0 Å². The first kappa shape index (κ1) is 17.5. The van der Waals surface area contributed by atoms with Crippen molar-refractivity contribution < 1.29 is 19.2 Å². The number of nitro benzene ring substituents is 1. The number of non-ortho nitro benzene ring substituents is 1. The van der Waals surface area contributed by atoms with Gasteiger partial charge < -0.3 is 14.8 Å². The molecule has 2 aliphatic rings. The highest BCUT2D eigenvalue weighted by Crippen LogP contribution is 2.50. The van der Waals surface area contributed by atoms with Crippen molar-refractivity contribution in [3.63, 3.8) is 0 Å². The molecule has 4 rings (SSSR count). The third-order valence-electron chi connectivity index (χ3n) is 5.21. The van der Waals surface area contributed by atoms with E-state index in [9.17, 15) is 14.9 Å². The molecular formula is C20H20N2O5. The number of nitrogens with zero attached hydrogens (tertiary/aromatic N) is 1. The van der Waals surface area contributed by atoms with E-state index in [2.05, 4.69) is 5.32 Å². The first-order chi connectivity index (χ1) is 13.1. The molecule has 0 saturated carbocycles. The van der Waals surface area contributed by atoms with Gasteiger partial charge in [0.15, 0.2) is 0 Å². The van der Waals surface area contributed by atoms with Crippen molar-refractivity contribution in [2.24, 2.45) is 5.92 Å². The molecule has 140 valence electrons. The lowest BCUT2D eigenvalue weighted by atomic mass is 9.80. The number of esters is 1. The zero-order chi connectivity index (χ0) is 19.0. The van der Waals surface area contributed by atoms with E-state index in [4.69, 9.17) is 9.47 Å². The summed E-state index contributed by atoms with van der Waals surface area (Å²) in [6.45, 7) is 2.76. The van der Waals surface area contributed by atoms with E-state index in [1.807, 2.05) is 12.1 Å². The standard InChI is InChI=1S/C20H20N2O5/c1-2-26-20(23)13-5-8-17-16(11-13)19-15(9-10-27-19)18(21-17)12-3-6-14(7-4-12)22(24)25/h3-8,11,15,18-19,21H,2,9-10H2,1H3/t15-,18+,19-/m1/s1. The molecule has 2 aliphatic heterocycles. The van der Waals surface area contributed by atoms with Gasteiger partial charge in [-0.2, -0.15) is 0 Å². The lowest BCUT2D eigenvalue weighted by molar-refractivity contribution is -0.384. The van der Waals surface area contributed by atoms with Crippen LogP contribution in [0.1, 0.15) is 47.0 Å². The van der Waals surface area contributed by atoms with E-state index >= 15 is 0 Å². The Balaban J connectivity index is 1.67. The average Bonchev–Trinajstić information content (AvgIpc) is 3.17. The van der Waals surface area contributed by atoms with Gasteiger partial charge >= 0.3 is 5.97 Å². The van der Waals surface area contributed by atoms with E-state index < -0.39 is 4.92 Å². The molecule has 7 nitrogen and oxygen atoms in total. The fourth-order valence-corrected chi connectivity index (χ4v) is 3.95. The molecule has 1 N–H and O–H groups in total. The number of ether oxygens (including phenoxy) is 2. The van der Waals surface area contributed by atoms with Crippen molar-refractivity contribution in [1.82, 2.24) is 0 Å². The maximum atomic E-state index is 12.1. The SMILES string of the molecule is CCOC(=O)c1ccc2c(c1)[C@@H]1OCC[C@@H]1[C@H](c1ccc([N+](=O)[O-])cc1)N2. The normalized spacial score (nSPS) is 23.1. The van der Waals surface area contributed by atoms with Gasteiger partial charge in [-0.05, 0) is 37.1 Å². The molecule has 0 bridgehead atoms. The van der Waals surface area contributed by atoms with E-state index in [0.29, 0.717) is 18.8 Å². The monoisotopic (exact) mass is 368 g/mol. The highest BCUT2D eigenvalue weighted by Gasteiger charge is 2.41. The van der Waals surface area contributed by atoms with Gasteiger partial charge in [0.2, 0.25) is 0 Å². The second-order valence-electron chi connectivity index (χ2n) is 6.74. The van der Waals surface area contributed by atoms with Crippen molar-refractivity contribution >= 4 is 17.3 Å². The van der Waals surface area contributed by atoms with E-state index in [0.717, 1.165) is 23.2 Å². The van der Waals surface area contributed by atoms with Crippen molar-refractivity contribution in [3.05, 3.63) is 69.3 Å². The summed E-state index contributed by atoms with van der Waals surface area (Å²) in [4.78, 5) is 22.6. The summed E-state index contributed by atoms with van der Waals surface area (Å²) in [5, 5.41) is 14.4. The minimum Gasteiger partial charge on any atom is -0.462 e. The topological polar surface area (TPSA) is 90.7 Å². The van der Waals surface area contributed by atoms with Crippen molar-refractivity contribution in [2.45, 2.75) is 25.5 Å². The summed E-state index contributed by atoms with van der Waals surface area (Å²) in [5.41, 5.74) is 3.45. The Kier molecular flexibility index (Phi) is 4.53. The number of carbonyl (C=O) groups excluding carboxylic acids is 1. The highest BCUT2D eigenvalue weighted by atomic mass is 16.6. The van der Waals surface area contributed by atoms with Crippen LogP contribution in [0.15, 0.2) is 42.5 Å². The summed E-state index contributed by atoms with van der Waals surface area (Å²) in [6.07, 6.45) is 0.762. The second kappa shape index (κ2) is 7.00. The van der Waals surface area contributed by atoms with E-state index in [1.54, 1.807) is 25.1 Å². The number of nitro groups is 1. The molecule has 1 fully saturated rings. The minimum absolute atomic E-state index is 0.000697. The largest absolute Gasteiger partial charge is 0.462 e. The van der Waals surface area contributed by atoms with E-state index in [1.165, 1.54) is 12.1 Å². The number of anilines is 1. The van der Waals surface area contributed by atoms with Gasteiger partial charge in [0, 0.05) is 35.9 Å². The summed E-state index contributed by atoms with van der Waals surface area (Å²) in [5.74, 6) is -0.149. The molecular weight excluding hydrogens is 348 g/mol. The fourth-order valence-electron chi connectivity index (χ4n) is 3.95. The lowest BCUT2D eigenvalue weighted by Gasteiger charge is -2.36. The maximum absolute atomic E-state index is 12.1. The number of carbonyl (C=O) groups is 1. The Morgan fingerprint density at radius 2 is 2.07 bits per heavy atom. The van der Waals surface area contributed by atoms with Gasteiger partial charge in [-0.15, -0.1) is 0 Å². The molecule has 7 heteroatoms. The minimum atomic E-state index is -0.397. The average molecular weight is 368 g/mol. The van der Waals surface area contributed by atoms with Gasteiger partial charge in [-0.25, -0.2) is 4.79 Å². The van der Waals surface area contributed by atoms with Crippen LogP contribution in [0.3, 0.4) is 0 Å². The highest BCUT2D eigenvalue weighted by molar-refractivity contribution is 5.90. The molecule has 0 aliphatic carbocycles. The smallest absolute Gasteiger partial charge is 0.338 e. The Morgan fingerprint density at radius 3 is 2.78 bits per heavy atom. The van der Waals surface area contributed by atoms with Crippen LogP contribution < -0.4 is 5.32 Å². The van der Waals surface area contributed by atoms with Gasteiger partial charge in [0.25, 0.3) is 5.69 Å². The number of hydrogen-bond donors (Lipinski definition) is 1. The van der Waals surface area contributed by atoms with Gasteiger partial charge in [-0.1, -0.05) is 12.1 Å². The van der Waals surface area contributed by atoms with Crippen LogP contribution in [-0.4, -0.2) is 24.1 Å².